The maximum Gasteiger partial charge on any atom is 0.218 e. The van der Waals surface area contributed by atoms with Gasteiger partial charge in [-0.1, -0.05) is 17.8 Å². The van der Waals surface area contributed by atoms with Crippen molar-refractivity contribution in [1.82, 2.24) is 14.8 Å². The van der Waals surface area contributed by atoms with Crippen LogP contribution in [0.15, 0.2) is 40.6 Å². The Balaban J connectivity index is 2.19. The second-order valence-electron chi connectivity index (χ2n) is 3.75. The van der Waals surface area contributed by atoms with Crippen LogP contribution in [0, 0.1) is 0 Å². The molecular weight excluding hydrogens is 264 g/mol. The first kappa shape index (κ1) is 13.4. The number of primary amides is 1. The average Bonchev–Trinajstić information content (AvgIpc) is 2.99. The summed E-state index contributed by atoms with van der Waals surface area (Å²) in [6.07, 6.45) is 3.65. The highest BCUT2D eigenvalue weighted by molar-refractivity contribution is 7.99. The fourth-order valence-electron chi connectivity index (χ4n) is 1.52. The van der Waals surface area contributed by atoms with E-state index in [1.165, 1.54) is 11.8 Å². The van der Waals surface area contributed by atoms with Crippen molar-refractivity contribution in [3.63, 3.8) is 0 Å². The lowest BCUT2D eigenvalue weighted by atomic mass is 10.4. The molecule has 2 aromatic rings. The molecule has 2 rings (SSSR count). The molecule has 0 atom stereocenters. The highest BCUT2D eigenvalue weighted by atomic mass is 32.2. The van der Waals surface area contributed by atoms with Gasteiger partial charge >= 0.3 is 0 Å². The predicted molar refractivity (Wildman–Crippen MR) is 72.5 cm³/mol. The number of nitrogens with two attached hydrogens (primary N) is 1. The minimum absolute atomic E-state index is 0.307. The van der Waals surface area contributed by atoms with E-state index in [-0.39, 0.29) is 5.91 Å². The molecule has 0 bridgehead atoms. The third-order valence-corrected chi connectivity index (χ3v) is 3.32. The topological polar surface area (TPSA) is 86.9 Å². The molecule has 2 aromatic heterocycles. The molecule has 19 heavy (non-hydrogen) atoms. The van der Waals surface area contributed by atoms with Crippen molar-refractivity contribution in [1.29, 1.82) is 0 Å². The molecule has 0 saturated heterocycles. The van der Waals surface area contributed by atoms with Crippen LogP contribution in [0.25, 0.3) is 11.6 Å². The molecule has 0 aliphatic heterocycles. The number of carbonyl (C=O) groups excluding carboxylic acids is 1. The zero-order chi connectivity index (χ0) is 13.7. The van der Waals surface area contributed by atoms with Crippen LogP contribution >= 0.6 is 11.8 Å². The summed E-state index contributed by atoms with van der Waals surface area (Å²) in [5, 5.41) is 8.93. The quantitative estimate of drug-likeness (QED) is 0.615. The smallest absolute Gasteiger partial charge is 0.218 e. The second-order valence-corrected chi connectivity index (χ2v) is 4.81. The Morgan fingerprint density at radius 3 is 3.05 bits per heavy atom. The summed E-state index contributed by atoms with van der Waals surface area (Å²) in [4.78, 5) is 10.7. The maximum atomic E-state index is 10.7. The first-order valence-electron chi connectivity index (χ1n) is 5.71. The SMILES string of the molecule is C=CCn1c(SCCC(N)=O)nnc1-c1ccco1. The molecule has 100 valence electrons. The first-order chi connectivity index (χ1) is 9.22. The van der Waals surface area contributed by atoms with Crippen LogP contribution in [0.3, 0.4) is 0 Å². The third-order valence-electron chi connectivity index (χ3n) is 2.35. The zero-order valence-electron chi connectivity index (χ0n) is 10.3. The van der Waals surface area contributed by atoms with Gasteiger partial charge in [-0.2, -0.15) is 0 Å². The number of aromatic nitrogens is 3. The van der Waals surface area contributed by atoms with Gasteiger partial charge < -0.3 is 10.2 Å². The lowest BCUT2D eigenvalue weighted by molar-refractivity contribution is -0.117. The Kier molecular flexibility index (Phi) is 4.40. The number of hydrogen-bond acceptors (Lipinski definition) is 5. The van der Waals surface area contributed by atoms with Gasteiger partial charge in [0, 0.05) is 18.7 Å². The van der Waals surface area contributed by atoms with Gasteiger partial charge in [0.15, 0.2) is 10.9 Å². The Bertz CT molecular complexity index is 562. The van der Waals surface area contributed by atoms with E-state index in [2.05, 4.69) is 16.8 Å². The molecule has 0 aliphatic carbocycles. The average molecular weight is 278 g/mol. The van der Waals surface area contributed by atoms with Gasteiger partial charge in [-0.3, -0.25) is 9.36 Å². The molecule has 0 spiro atoms. The summed E-state index contributed by atoms with van der Waals surface area (Å²) in [5.41, 5.74) is 5.11. The molecule has 0 aliphatic rings. The molecule has 0 aromatic carbocycles. The van der Waals surface area contributed by atoms with Crippen molar-refractivity contribution < 1.29 is 9.21 Å². The molecule has 2 heterocycles. The van der Waals surface area contributed by atoms with Crippen LogP contribution in [-0.4, -0.2) is 26.4 Å². The van der Waals surface area contributed by atoms with E-state index in [9.17, 15) is 4.79 Å². The zero-order valence-corrected chi connectivity index (χ0v) is 11.1. The maximum absolute atomic E-state index is 10.7. The van der Waals surface area contributed by atoms with Crippen molar-refractivity contribution >= 4 is 17.7 Å². The summed E-state index contributed by atoms with van der Waals surface area (Å²) in [7, 11) is 0. The van der Waals surface area contributed by atoms with E-state index in [1.54, 1.807) is 18.4 Å². The van der Waals surface area contributed by atoms with Gasteiger partial charge in [0.05, 0.1) is 6.26 Å². The molecule has 0 fully saturated rings. The van der Waals surface area contributed by atoms with E-state index in [1.807, 2.05) is 10.6 Å². The van der Waals surface area contributed by atoms with E-state index < -0.39 is 0 Å². The molecule has 0 radical (unpaired) electrons. The van der Waals surface area contributed by atoms with Crippen LogP contribution in [0.5, 0.6) is 0 Å². The summed E-state index contributed by atoms with van der Waals surface area (Å²) >= 11 is 1.43. The van der Waals surface area contributed by atoms with Gasteiger partial charge in [-0.05, 0) is 12.1 Å². The minimum atomic E-state index is -0.325. The van der Waals surface area contributed by atoms with E-state index in [0.717, 1.165) is 0 Å². The lowest BCUT2D eigenvalue weighted by Gasteiger charge is -2.05. The third kappa shape index (κ3) is 3.25. The standard InChI is InChI=1S/C12H14N4O2S/c1-2-6-16-11(9-4-3-7-18-9)14-15-12(16)19-8-5-10(13)17/h2-4,7H,1,5-6,8H2,(H2,13,17). The second kappa shape index (κ2) is 6.24. The number of hydrogen-bond donors (Lipinski definition) is 1. The van der Waals surface area contributed by atoms with Gasteiger partial charge in [0.25, 0.3) is 0 Å². The van der Waals surface area contributed by atoms with Crippen LogP contribution < -0.4 is 5.73 Å². The molecule has 0 unspecified atom stereocenters. The van der Waals surface area contributed by atoms with Crippen molar-refractivity contribution in [3.8, 4) is 11.6 Å². The van der Waals surface area contributed by atoms with Crippen molar-refractivity contribution in [2.45, 2.75) is 18.1 Å². The summed E-state index contributed by atoms with van der Waals surface area (Å²) in [6, 6.07) is 3.61. The Morgan fingerprint density at radius 1 is 1.58 bits per heavy atom. The highest BCUT2D eigenvalue weighted by Gasteiger charge is 2.15. The first-order valence-corrected chi connectivity index (χ1v) is 6.70. The monoisotopic (exact) mass is 278 g/mol. The minimum Gasteiger partial charge on any atom is -0.461 e. The van der Waals surface area contributed by atoms with Crippen molar-refractivity contribution in [2.24, 2.45) is 5.73 Å². The molecular formula is C12H14N4O2S. The molecule has 1 amide bonds. The fraction of sp³-hybridized carbons (Fsp3) is 0.250. The number of thioether (sulfide) groups is 1. The fourth-order valence-corrected chi connectivity index (χ4v) is 2.42. The molecule has 6 nitrogen and oxygen atoms in total. The Labute approximate surface area is 114 Å². The van der Waals surface area contributed by atoms with Crippen LogP contribution in [0.1, 0.15) is 6.42 Å². The molecule has 0 saturated carbocycles. The largest absolute Gasteiger partial charge is 0.461 e. The number of carbonyl (C=O) groups is 1. The van der Waals surface area contributed by atoms with Gasteiger partial charge in [-0.15, -0.1) is 16.8 Å². The normalized spacial score (nSPS) is 10.5. The summed E-state index contributed by atoms with van der Waals surface area (Å²) in [5.74, 6) is 1.54. The number of rotatable bonds is 7. The van der Waals surface area contributed by atoms with E-state index >= 15 is 0 Å². The number of furan rings is 1. The lowest BCUT2D eigenvalue weighted by Crippen LogP contribution is -2.11. The van der Waals surface area contributed by atoms with Gasteiger partial charge in [-0.25, -0.2) is 0 Å². The van der Waals surface area contributed by atoms with E-state index in [0.29, 0.717) is 35.5 Å². The van der Waals surface area contributed by atoms with Crippen LogP contribution in [0.2, 0.25) is 0 Å². The number of allylic oxidation sites excluding steroid dienone is 1. The van der Waals surface area contributed by atoms with Crippen LogP contribution in [0.4, 0.5) is 0 Å². The van der Waals surface area contributed by atoms with E-state index in [4.69, 9.17) is 10.2 Å². The van der Waals surface area contributed by atoms with Crippen molar-refractivity contribution in [2.75, 3.05) is 5.75 Å². The van der Waals surface area contributed by atoms with Crippen molar-refractivity contribution in [3.05, 3.63) is 31.1 Å². The highest BCUT2D eigenvalue weighted by Crippen LogP contribution is 2.24. The number of amides is 1. The predicted octanol–water partition coefficient (Wildman–Crippen LogP) is 1.69. The Hall–Kier alpha value is -2.02. The Morgan fingerprint density at radius 2 is 2.42 bits per heavy atom. The number of nitrogens with zero attached hydrogens (tertiary/aromatic N) is 3. The molecule has 7 heteroatoms. The molecule has 2 N–H and O–H groups in total. The summed E-state index contributed by atoms with van der Waals surface area (Å²) in [6.45, 7) is 4.29. The van der Waals surface area contributed by atoms with Gasteiger partial charge in [0.1, 0.15) is 0 Å². The summed E-state index contributed by atoms with van der Waals surface area (Å²) < 4.78 is 7.21. The van der Waals surface area contributed by atoms with Gasteiger partial charge in [0.2, 0.25) is 11.7 Å². The van der Waals surface area contributed by atoms with Crippen LogP contribution in [-0.2, 0) is 11.3 Å².